The van der Waals surface area contributed by atoms with Gasteiger partial charge in [-0.15, -0.1) is 0 Å². The van der Waals surface area contributed by atoms with Crippen LogP contribution in [0.15, 0.2) is 24.3 Å². The molecule has 2 aliphatic rings. The SMILES string of the molecule is CC1CCN(S(=O)(=O)N2CCN(c3cccc(Cl)c3)CC2)CC1. The Kier molecular flexibility index (Phi) is 5.16. The van der Waals surface area contributed by atoms with Crippen molar-refractivity contribution in [2.45, 2.75) is 19.8 Å². The second-order valence-electron chi connectivity index (χ2n) is 6.46. The molecule has 2 saturated heterocycles. The minimum atomic E-state index is -3.31. The minimum Gasteiger partial charge on any atom is -0.369 e. The molecular formula is C16H24ClN3O2S. The van der Waals surface area contributed by atoms with Crippen molar-refractivity contribution in [2.75, 3.05) is 44.2 Å². The second-order valence-corrected chi connectivity index (χ2v) is 8.82. The van der Waals surface area contributed by atoms with Crippen LogP contribution >= 0.6 is 11.6 Å². The van der Waals surface area contributed by atoms with Gasteiger partial charge in [0.2, 0.25) is 0 Å². The van der Waals surface area contributed by atoms with E-state index >= 15 is 0 Å². The number of hydrogen-bond donors (Lipinski definition) is 0. The molecule has 0 aliphatic carbocycles. The van der Waals surface area contributed by atoms with Crippen LogP contribution in [0.5, 0.6) is 0 Å². The third-order valence-corrected chi connectivity index (χ3v) is 7.08. The zero-order chi connectivity index (χ0) is 16.4. The van der Waals surface area contributed by atoms with Crippen molar-refractivity contribution in [3.05, 3.63) is 29.3 Å². The van der Waals surface area contributed by atoms with Crippen LogP contribution in [0.4, 0.5) is 5.69 Å². The predicted octanol–water partition coefficient (Wildman–Crippen LogP) is 2.44. The number of piperidine rings is 1. The largest absolute Gasteiger partial charge is 0.369 e. The summed E-state index contributed by atoms with van der Waals surface area (Å²) in [6.07, 6.45) is 1.92. The third-order valence-electron chi connectivity index (χ3n) is 4.81. The number of piperazine rings is 1. The summed E-state index contributed by atoms with van der Waals surface area (Å²) in [5, 5.41) is 0.708. The molecule has 0 spiro atoms. The van der Waals surface area contributed by atoms with Crippen molar-refractivity contribution >= 4 is 27.5 Å². The van der Waals surface area contributed by atoms with Crippen LogP contribution in [0.3, 0.4) is 0 Å². The Balaban J connectivity index is 1.62. The lowest BCUT2D eigenvalue weighted by Gasteiger charge is -2.39. The van der Waals surface area contributed by atoms with Crippen LogP contribution in [0, 0.1) is 5.92 Å². The van der Waals surface area contributed by atoms with Crippen molar-refractivity contribution in [3.8, 4) is 0 Å². The van der Waals surface area contributed by atoms with Gasteiger partial charge in [-0.2, -0.15) is 17.0 Å². The molecule has 5 nitrogen and oxygen atoms in total. The molecule has 23 heavy (non-hydrogen) atoms. The summed E-state index contributed by atoms with van der Waals surface area (Å²) in [7, 11) is -3.31. The first-order chi connectivity index (χ1) is 11.0. The fourth-order valence-corrected chi connectivity index (χ4v) is 5.04. The summed E-state index contributed by atoms with van der Waals surface area (Å²) < 4.78 is 28.8. The van der Waals surface area contributed by atoms with Gasteiger partial charge in [-0.05, 0) is 37.0 Å². The Labute approximate surface area is 144 Å². The van der Waals surface area contributed by atoms with Crippen molar-refractivity contribution in [1.29, 1.82) is 0 Å². The molecule has 1 aromatic rings. The van der Waals surface area contributed by atoms with E-state index in [1.807, 2.05) is 24.3 Å². The monoisotopic (exact) mass is 357 g/mol. The fourth-order valence-electron chi connectivity index (χ4n) is 3.23. The first-order valence-electron chi connectivity index (χ1n) is 8.22. The minimum absolute atomic E-state index is 0.529. The molecule has 1 aromatic carbocycles. The van der Waals surface area contributed by atoms with Gasteiger partial charge < -0.3 is 4.90 Å². The van der Waals surface area contributed by atoms with Gasteiger partial charge in [0.25, 0.3) is 10.2 Å². The maximum Gasteiger partial charge on any atom is 0.282 e. The van der Waals surface area contributed by atoms with E-state index in [0.29, 0.717) is 50.2 Å². The Hall–Kier alpha value is -0.820. The number of benzene rings is 1. The van der Waals surface area contributed by atoms with E-state index in [-0.39, 0.29) is 0 Å². The lowest BCUT2D eigenvalue weighted by Crippen LogP contribution is -2.54. The maximum absolute atomic E-state index is 12.8. The quantitative estimate of drug-likeness (QED) is 0.834. The van der Waals surface area contributed by atoms with Crippen molar-refractivity contribution < 1.29 is 8.42 Å². The first-order valence-corrected chi connectivity index (χ1v) is 10.00. The Morgan fingerprint density at radius 3 is 2.22 bits per heavy atom. The normalized spacial score (nSPS) is 22.4. The highest BCUT2D eigenvalue weighted by Gasteiger charge is 2.34. The van der Waals surface area contributed by atoms with Crippen LogP contribution in [0.2, 0.25) is 5.02 Å². The van der Waals surface area contributed by atoms with Crippen LogP contribution in [0.25, 0.3) is 0 Å². The molecular weight excluding hydrogens is 334 g/mol. The lowest BCUT2D eigenvalue weighted by atomic mass is 10.0. The molecule has 0 aromatic heterocycles. The van der Waals surface area contributed by atoms with E-state index < -0.39 is 10.2 Å². The van der Waals surface area contributed by atoms with Gasteiger partial charge in [0.1, 0.15) is 0 Å². The van der Waals surface area contributed by atoms with Gasteiger partial charge in [-0.1, -0.05) is 24.6 Å². The average Bonchev–Trinajstić information content (AvgIpc) is 2.55. The van der Waals surface area contributed by atoms with E-state index in [4.69, 9.17) is 11.6 Å². The second kappa shape index (κ2) is 6.97. The number of halogens is 1. The molecule has 0 amide bonds. The molecule has 0 bridgehead atoms. The van der Waals surface area contributed by atoms with Crippen molar-refractivity contribution in [3.63, 3.8) is 0 Å². The Bertz CT molecular complexity index is 636. The topological polar surface area (TPSA) is 43.9 Å². The smallest absolute Gasteiger partial charge is 0.282 e. The summed E-state index contributed by atoms with van der Waals surface area (Å²) in [4.78, 5) is 2.19. The highest BCUT2D eigenvalue weighted by molar-refractivity contribution is 7.86. The van der Waals surface area contributed by atoms with E-state index in [0.717, 1.165) is 18.5 Å². The Morgan fingerprint density at radius 1 is 1.00 bits per heavy atom. The summed E-state index contributed by atoms with van der Waals surface area (Å²) >= 11 is 6.04. The van der Waals surface area contributed by atoms with E-state index in [1.165, 1.54) is 0 Å². The molecule has 2 fully saturated rings. The molecule has 0 radical (unpaired) electrons. The summed E-state index contributed by atoms with van der Waals surface area (Å²) in [6, 6.07) is 7.72. The van der Waals surface area contributed by atoms with Crippen LogP contribution in [-0.4, -0.2) is 56.3 Å². The van der Waals surface area contributed by atoms with E-state index in [1.54, 1.807) is 8.61 Å². The van der Waals surface area contributed by atoms with Gasteiger partial charge in [0, 0.05) is 50.0 Å². The number of anilines is 1. The summed E-state index contributed by atoms with van der Waals surface area (Å²) in [5.74, 6) is 0.626. The van der Waals surface area contributed by atoms with Crippen LogP contribution < -0.4 is 4.90 Å². The zero-order valence-electron chi connectivity index (χ0n) is 13.5. The van der Waals surface area contributed by atoms with Gasteiger partial charge in [-0.3, -0.25) is 0 Å². The molecule has 0 saturated carbocycles. The average molecular weight is 358 g/mol. The van der Waals surface area contributed by atoms with Gasteiger partial charge >= 0.3 is 0 Å². The fraction of sp³-hybridized carbons (Fsp3) is 0.625. The van der Waals surface area contributed by atoms with Gasteiger partial charge in [-0.25, -0.2) is 0 Å². The predicted molar refractivity (Wildman–Crippen MR) is 94.1 cm³/mol. The number of rotatable bonds is 3. The molecule has 0 unspecified atom stereocenters. The molecule has 7 heteroatoms. The summed E-state index contributed by atoms with van der Waals surface area (Å²) in [5.41, 5.74) is 1.06. The maximum atomic E-state index is 12.8. The first kappa shape index (κ1) is 17.0. The molecule has 0 atom stereocenters. The van der Waals surface area contributed by atoms with Gasteiger partial charge in [0.05, 0.1) is 0 Å². The van der Waals surface area contributed by atoms with Gasteiger partial charge in [0.15, 0.2) is 0 Å². The highest BCUT2D eigenvalue weighted by Crippen LogP contribution is 2.24. The zero-order valence-corrected chi connectivity index (χ0v) is 15.1. The summed E-state index contributed by atoms with van der Waals surface area (Å²) in [6.45, 7) is 5.94. The van der Waals surface area contributed by atoms with Crippen LogP contribution in [-0.2, 0) is 10.2 Å². The standard InChI is InChI=1S/C16H24ClN3O2S/c1-14-5-7-19(8-6-14)23(21,22)20-11-9-18(10-12-20)16-4-2-3-15(17)13-16/h2-4,13-14H,5-12H2,1H3. The van der Waals surface area contributed by atoms with Crippen molar-refractivity contribution in [2.24, 2.45) is 5.92 Å². The third kappa shape index (κ3) is 3.82. The number of hydrogen-bond acceptors (Lipinski definition) is 3. The molecule has 0 N–H and O–H groups in total. The van der Waals surface area contributed by atoms with Crippen LogP contribution in [0.1, 0.15) is 19.8 Å². The molecule has 2 aliphatic heterocycles. The van der Waals surface area contributed by atoms with E-state index in [2.05, 4.69) is 11.8 Å². The molecule has 128 valence electrons. The highest BCUT2D eigenvalue weighted by atomic mass is 35.5. The molecule has 2 heterocycles. The Morgan fingerprint density at radius 2 is 1.61 bits per heavy atom. The van der Waals surface area contributed by atoms with Crippen molar-refractivity contribution in [1.82, 2.24) is 8.61 Å². The lowest BCUT2D eigenvalue weighted by molar-refractivity contribution is 0.260. The molecule has 3 rings (SSSR count). The van der Waals surface area contributed by atoms with E-state index in [9.17, 15) is 8.42 Å². The number of nitrogens with zero attached hydrogens (tertiary/aromatic N) is 3.